The number of nitrogens with zero attached hydrogens (tertiary/aromatic N) is 2. The number of carbonyl (C=O) groups is 1. The quantitative estimate of drug-likeness (QED) is 0.495. The van der Waals surface area contributed by atoms with E-state index >= 15 is 0 Å². The van der Waals surface area contributed by atoms with Crippen molar-refractivity contribution in [3.05, 3.63) is 62.0 Å². The highest BCUT2D eigenvalue weighted by Gasteiger charge is 2.24. The maximum atomic E-state index is 12.2. The Balaban J connectivity index is 1.72. The molecule has 6 nitrogen and oxygen atoms in total. The van der Waals surface area contributed by atoms with Crippen molar-refractivity contribution in [2.24, 2.45) is 5.92 Å². The summed E-state index contributed by atoms with van der Waals surface area (Å²) in [6.45, 7) is 2.19. The lowest BCUT2D eigenvalue weighted by atomic mass is 9.89. The Bertz CT molecular complexity index is 923. The Morgan fingerprint density at radius 2 is 2.15 bits per heavy atom. The summed E-state index contributed by atoms with van der Waals surface area (Å²) in [4.78, 5) is 23.6. The number of fused-ring (bicyclic) bond motifs is 1. The Hall–Kier alpha value is -2.98. The molecule has 0 saturated heterocycles. The van der Waals surface area contributed by atoms with Gasteiger partial charge in [0.1, 0.15) is 11.1 Å². The summed E-state index contributed by atoms with van der Waals surface area (Å²) in [6, 6.07) is 8.15. The third kappa shape index (κ3) is 3.81. The van der Waals surface area contributed by atoms with Gasteiger partial charge >= 0.3 is 0 Å². The number of anilines is 1. The maximum Gasteiger partial charge on any atom is 0.269 e. The van der Waals surface area contributed by atoms with Crippen molar-refractivity contribution < 1.29 is 9.72 Å². The molecule has 1 aliphatic carbocycles. The van der Waals surface area contributed by atoms with Gasteiger partial charge in [0, 0.05) is 23.1 Å². The monoisotopic (exact) mass is 367 g/mol. The van der Waals surface area contributed by atoms with E-state index in [0.717, 1.165) is 24.8 Å². The molecule has 0 spiro atoms. The van der Waals surface area contributed by atoms with Crippen molar-refractivity contribution in [3.8, 4) is 6.07 Å². The molecule has 1 amide bonds. The standard InChI is InChI=1S/C19H17N3O3S/c1-12-2-8-15-16(11-20)19(26-17(15)10-12)21-18(23)9-5-13-3-6-14(7-4-13)22(24)25/h3-7,9,12H,2,8,10H2,1H3,(H,21,23)/b9-5+. The van der Waals surface area contributed by atoms with Crippen LogP contribution in [0.25, 0.3) is 6.08 Å². The van der Waals surface area contributed by atoms with Gasteiger partial charge in [-0.25, -0.2) is 0 Å². The lowest BCUT2D eigenvalue weighted by Gasteiger charge is -2.17. The van der Waals surface area contributed by atoms with E-state index in [1.54, 1.807) is 18.2 Å². The maximum absolute atomic E-state index is 12.2. The van der Waals surface area contributed by atoms with Gasteiger partial charge in [-0.1, -0.05) is 6.92 Å². The molecule has 0 radical (unpaired) electrons. The highest BCUT2D eigenvalue weighted by molar-refractivity contribution is 7.16. The van der Waals surface area contributed by atoms with E-state index in [1.807, 2.05) is 0 Å². The molecule has 132 valence electrons. The van der Waals surface area contributed by atoms with Gasteiger partial charge in [0.05, 0.1) is 10.5 Å². The van der Waals surface area contributed by atoms with Crippen LogP contribution in [0.2, 0.25) is 0 Å². The van der Waals surface area contributed by atoms with Gasteiger partial charge in [-0.15, -0.1) is 11.3 Å². The van der Waals surface area contributed by atoms with Crippen molar-refractivity contribution in [2.75, 3.05) is 5.32 Å². The van der Waals surface area contributed by atoms with Crippen LogP contribution in [-0.4, -0.2) is 10.8 Å². The highest BCUT2D eigenvalue weighted by Crippen LogP contribution is 2.39. The molecule has 1 aliphatic rings. The summed E-state index contributed by atoms with van der Waals surface area (Å²) in [6.07, 6.45) is 5.84. The van der Waals surface area contributed by atoms with Crippen molar-refractivity contribution >= 4 is 34.0 Å². The number of hydrogen-bond acceptors (Lipinski definition) is 5. The van der Waals surface area contributed by atoms with E-state index in [2.05, 4.69) is 18.3 Å². The van der Waals surface area contributed by atoms with E-state index in [4.69, 9.17) is 0 Å². The molecule has 2 aromatic rings. The van der Waals surface area contributed by atoms with Crippen molar-refractivity contribution in [1.82, 2.24) is 0 Å². The lowest BCUT2D eigenvalue weighted by molar-refractivity contribution is -0.384. The number of non-ortho nitro benzene ring substituents is 1. The zero-order valence-corrected chi connectivity index (χ0v) is 15.0. The first-order chi connectivity index (χ1) is 12.5. The molecule has 1 heterocycles. The van der Waals surface area contributed by atoms with Crippen LogP contribution in [0.4, 0.5) is 10.7 Å². The molecule has 1 aromatic heterocycles. The van der Waals surface area contributed by atoms with Gasteiger partial charge in [0.2, 0.25) is 5.91 Å². The van der Waals surface area contributed by atoms with Crippen LogP contribution in [-0.2, 0) is 17.6 Å². The molecular weight excluding hydrogens is 350 g/mol. The topological polar surface area (TPSA) is 96.0 Å². The number of carbonyl (C=O) groups excluding carboxylic acids is 1. The van der Waals surface area contributed by atoms with Gasteiger partial charge in [0.25, 0.3) is 5.69 Å². The average Bonchev–Trinajstić information content (AvgIpc) is 2.96. The van der Waals surface area contributed by atoms with E-state index in [9.17, 15) is 20.2 Å². The Kier molecular flexibility index (Phi) is 5.14. The smallest absolute Gasteiger partial charge is 0.269 e. The van der Waals surface area contributed by atoms with E-state index in [1.165, 1.54) is 34.4 Å². The number of hydrogen-bond donors (Lipinski definition) is 1. The molecule has 0 saturated carbocycles. The molecule has 7 heteroatoms. The fraction of sp³-hybridized carbons (Fsp3) is 0.263. The van der Waals surface area contributed by atoms with Gasteiger partial charge in [-0.3, -0.25) is 14.9 Å². The first-order valence-corrected chi connectivity index (χ1v) is 9.07. The van der Waals surface area contributed by atoms with Crippen LogP contribution in [0.3, 0.4) is 0 Å². The third-order valence-corrected chi connectivity index (χ3v) is 5.56. The Morgan fingerprint density at radius 1 is 1.42 bits per heavy atom. The fourth-order valence-electron chi connectivity index (χ4n) is 2.99. The minimum atomic E-state index is -0.469. The number of rotatable bonds is 4. The zero-order valence-electron chi connectivity index (χ0n) is 14.2. The predicted octanol–water partition coefficient (Wildman–Crippen LogP) is 4.30. The molecule has 0 bridgehead atoms. The van der Waals surface area contributed by atoms with Gasteiger partial charge in [-0.2, -0.15) is 5.26 Å². The second kappa shape index (κ2) is 7.50. The lowest BCUT2D eigenvalue weighted by Crippen LogP contribution is -2.10. The Morgan fingerprint density at radius 3 is 2.81 bits per heavy atom. The summed E-state index contributed by atoms with van der Waals surface area (Å²) in [5.74, 6) is 0.268. The van der Waals surface area contributed by atoms with Crippen LogP contribution in [0.15, 0.2) is 30.3 Å². The second-order valence-corrected chi connectivity index (χ2v) is 7.44. The minimum Gasteiger partial charge on any atom is -0.313 e. The fourth-order valence-corrected chi connectivity index (χ4v) is 4.35. The van der Waals surface area contributed by atoms with E-state index in [0.29, 0.717) is 22.0 Å². The molecule has 0 fully saturated rings. The Labute approximate surface area is 154 Å². The van der Waals surface area contributed by atoms with Crippen molar-refractivity contribution in [1.29, 1.82) is 5.26 Å². The van der Waals surface area contributed by atoms with E-state index in [-0.39, 0.29) is 11.6 Å². The first-order valence-electron chi connectivity index (χ1n) is 8.26. The molecule has 3 rings (SSSR count). The molecule has 26 heavy (non-hydrogen) atoms. The van der Waals surface area contributed by atoms with Gasteiger partial charge in [-0.05, 0) is 54.5 Å². The number of thiophene rings is 1. The minimum absolute atomic E-state index is 0.00339. The summed E-state index contributed by atoms with van der Waals surface area (Å²) in [5.41, 5.74) is 2.34. The van der Waals surface area contributed by atoms with Crippen LogP contribution in [0, 0.1) is 27.4 Å². The molecule has 1 unspecified atom stereocenters. The van der Waals surface area contributed by atoms with Crippen molar-refractivity contribution in [2.45, 2.75) is 26.2 Å². The van der Waals surface area contributed by atoms with E-state index < -0.39 is 4.92 Å². The van der Waals surface area contributed by atoms with Crippen LogP contribution in [0.1, 0.15) is 34.9 Å². The number of amides is 1. The normalized spacial score (nSPS) is 16.1. The van der Waals surface area contributed by atoms with Crippen LogP contribution >= 0.6 is 11.3 Å². The largest absolute Gasteiger partial charge is 0.313 e. The second-order valence-electron chi connectivity index (χ2n) is 6.34. The van der Waals surface area contributed by atoms with Gasteiger partial charge < -0.3 is 5.32 Å². The first kappa shape index (κ1) is 17.8. The van der Waals surface area contributed by atoms with Gasteiger partial charge in [0.15, 0.2) is 0 Å². The summed E-state index contributed by atoms with van der Waals surface area (Å²) >= 11 is 1.48. The molecule has 1 aromatic carbocycles. The summed E-state index contributed by atoms with van der Waals surface area (Å²) in [7, 11) is 0. The highest BCUT2D eigenvalue weighted by atomic mass is 32.1. The van der Waals surface area contributed by atoms with Crippen LogP contribution in [0.5, 0.6) is 0 Å². The number of nitro groups is 1. The summed E-state index contributed by atoms with van der Waals surface area (Å²) < 4.78 is 0. The zero-order chi connectivity index (χ0) is 18.7. The predicted molar refractivity (Wildman–Crippen MR) is 101 cm³/mol. The third-order valence-electron chi connectivity index (χ3n) is 4.39. The summed E-state index contributed by atoms with van der Waals surface area (Å²) in [5, 5.41) is 23.5. The molecule has 1 N–H and O–H groups in total. The van der Waals surface area contributed by atoms with Crippen LogP contribution < -0.4 is 5.32 Å². The molecular formula is C19H17N3O3S. The SMILES string of the molecule is CC1CCc2c(sc(NC(=O)/C=C/c3ccc([N+](=O)[O-])cc3)c2C#N)C1. The number of benzene rings is 1. The molecule has 0 aliphatic heterocycles. The number of nitriles is 1. The number of nitrogens with one attached hydrogen (secondary N) is 1. The van der Waals surface area contributed by atoms with Crippen molar-refractivity contribution in [3.63, 3.8) is 0 Å². The number of nitro benzene ring substituents is 1. The average molecular weight is 367 g/mol. The molecule has 1 atom stereocenters.